The van der Waals surface area contributed by atoms with Crippen LogP contribution in [0.3, 0.4) is 0 Å². The topological polar surface area (TPSA) is 59.8 Å². The van der Waals surface area contributed by atoms with Crippen LogP contribution in [-0.4, -0.2) is 33.5 Å². The predicted molar refractivity (Wildman–Crippen MR) is 75.0 cm³/mol. The van der Waals surface area contributed by atoms with Crippen molar-refractivity contribution in [2.24, 2.45) is 7.05 Å². The van der Waals surface area contributed by atoms with Gasteiger partial charge in [-0.1, -0.05) is 42.1 Å². The fraction of sp³-hybridized carbons (Fsp3) is 0.308. The Morgan fingerprint density at radius 1 is 1.32 bits per heavy atom. The number of hydrogen-bond donors (Lipinski definition) is 1. The highest BCUT2D eigenvalue weighted by Gasteiger charge is 2.11. The zero-order valence-corrected chi connectivity index (χ0v) is 11.8. The van der Waals surface area contributed by atoms with Crippen LogP contribution in [0.4, 0.5) is 0 Å². The molecule has 0 saturated heterocycles. The number of carbonyl (C=O) groups excluding carboxylic acids is 1. The van der Waals surface area contributed by atoms with Crippen molar-refractivity contribution in [2.45, 2.75) is 11.6 Å². The van der Waals surface area contributed by atoms with Crippen LogP contribution in [-0.2, 0) is 18.3 Å². The molecule has 5 nitrogen and oxygen atoms in total. The van der Waals surface area contributed by atoms with Gasteiger partial charge in [0.15, 0.2) is 5.16 Å². The van der Waals surface area contributed by atoms with E-state index >= 15 is 0 Å². The Morgan fingerprint density at radius 2 is 2.05 bits per heavy atom. The lowest BCUT2D eigenvalue weighted by molar-refractivity contribution is -0.118. The lowest BCUT2D eigenvalue weighted by Gasteiger charge is -2.03. The summed E-state index contributed by atoms with van der Waals surface area (Å²) in [5, 5.41) is 11.6. The largest absolute Gasteiger partial charge is 0.358 e. The smallest absolute Gasteiger partial charge is 0.230 e. The minimum atomic E-state index is -0.0161. The van der Waals surface area contributed by atoms with E-state index in [4.69, 9.17) is 0 Å². The second-order valence-electron chi connectivity index (χ2n) is 4.08. The molecule has 0 aliphatic carbocycles. The predicted octanol–water partition coefficient (Wildman–Crippen LogP) is 1.24. The van der Waals surface area contributed by atoms with Gasteiger partial charge in [0, 0.05) is 20.5 Å². The summed E-state index contributed by atoms with van der Waals surface area (Å²) >= 11 is 1.39. The number of aromatic nitrogens is 3. The Morgan fingerprint density at radius 3 is 2.74 bits per heavy atom. The number of rotatable bonds is 5. The van der Waals surface area contributed by atoms with E-state index < -0.39 is 0 Å². The van der Waals surface area contributed by atoms with E-state index in [2.05, 4.69) is 27.6 Å². The van der Waals surface area contributed by atoms with Gasteiger partial charge in [0.25, 0.3) is 0 Å². The third-order valence-electron chi connectivity index (χ3n) is 2.74. The van der Waals surface area contributed by atoms with Crippen molar-refractivity contribution >= 4 is 17.7 Å². The summed E-state index contributed by atoms with van der Waals surface area (Å²) in [5.74, 6) is 1.23. The fourth-order valence-electron chi connectivity index (χ4n) is 1.61. The summed E-state index contributed by atoms with van der Waals surface area (Å²) in [6.07, 6.45) is 0.741. The zero-order valence-electron chi connectivity index (χ0n) is 11.0. The Balaban J connectivity index is 2.04. The van der Waals surface area contributed by atoms with E-state index in [1.807, 2.05) is 29.8 Å². The fourth-order valence-corrected chi connectivity index (χ4v) is 2.41. The minimum Gasteiger partial charge on any atom is -0.358 e. The molecule has 0 aliphatic rings. The highest BCUT2D eigenvalue weighted by molar-refractivity contribution is 7.99. The number of hydrogen-bond acceptors (Lipinski definition) is 4. The molecule has 2 rings (SSSR count). The van der Waals surface area contributed by atoms with E-state index in [0.29, 0.717) is 5.75 Å². The number of nitrogens with zero attached hydrogens (tertiary/aromatic N) is 3. The molecule has 0 spiro atoms. The molecule has 1 amide bonds. The van der Waals surface area contributed by atoms with E-state index in [9.17, 15) is 4.79 Å². The van der Waals surface area contributed by atoms with Crippen LogP contribution >= 0.6 is 11.8 Å². The Hall–Kier alpha value is -1.82. The monoisotopic (exact) mass is 276 g/mol. The van der Waals surface area contributed by atoms with Gasteiger partial charge in [-0.15, -0.1) is 10.2 Å². The molecule has 100 valence electrons. The summed E-state index contributed by atoms with van der Waals surface area (Å²) in [6.45, 7) is 0. The maximum Gasteiger partial charge on any atom is 0.230 e. The van der Waals surface area contributed by atoms with E-state index in [1.165, 1.54) is 17.3 Å². The third kappa shape index (κ3) is 3.57. The van der Waals surface area contributed by atoms with Crippen molar-refractivity contribution in [3.05, 3.63) is 41.7 Å². The molecule has 0 bridgehead atoms. The Bertz CT molecular complexity index is 553. The number of benzene rings is 1. The highest BCUT2D eigenvalue weighted by Crippen LogP contribution is 2.16. The molecule has 1 aromatic heterocycles. The van der Waals surface area contributed by atoms with Crippen LogP contribution in [0.15, 0.2) is 35.5 Å². The molecule has 0 unspecified atom stereocenters. The van der Waals surface area contributed by atoms with Crippen molar-refractivity contribution in [3.63, 3.8) is 0 Å². The van der Waals surface area contributed by atoms with Crippen LogP contribution in [0.25, 0.3) is 0 Å². The van der Waals surface area contributed by atoms with Crippen molar-refractivity contribution in [1.82, 2.24) is 20.1 Å². The summed E-state index contributed by atoms with van der Waals surface area (Å²) < 4.78 is 1.93. The van der Waals surface area contributed by atoms with Gasteiger partial charge >= 0.3 is 0 Å². The summed E-state index contributed by atoms with van der Waals surface area (Å²) in [7, 11) is 3.55. The molecule has 0 atom stereocenters. The number of thioether (sulfide) groups is 1. The molecule has 1 N–H and O–H groups in total. The van der Waals surface area contributed by atoms with Crippen LogP contribution in [0.2, 0.25) is 0 Å². The first-order valence-corrected chi connectivity index (χ1v) is 6.95. The molecule has 0 fully saturated rings. The van der Waals surface area contributed by atoms with Crippen molar-refractivity contribution in [2.75, 3.05) is 12.8 Å². The molecular formula is C13H16N4OS. The normalized spacial score (nSPS) is 10.4. The number of nitrogens with one attached hydrogen (secondary N) is 1. The molecular weight excluding hydrogens is 260 g/mol. The zero-order chi connectivity index (χ0) is 13.7. The molecule has 1 heterocycles. The number of carbonyl (C=O) groups is 1. The van der Waals surface area contributed by atoms with Gasteiger partial charge in [-0.3, -0.25) is 4.79 Å². The van der Waals surface area contributed by atoms with Crippen molar-refractivity contribution < 1.29 is 4.79 Å². The van der Waals surface area contributed by atoms with Gasteiger partial charge in [0.1, 0.15) is 5.82 Å². The lowest BCUT2D eigenvalue weighted by atomic mass is 10.1. The average Bonchev–Trinajstić information content (AvgIpc) is 2.78. The van der Waals surface area contributed by atoms with E-state index in [0.717, 1.165) is 17.4 Å². The van der Waals surface area contributed by atoms with Crippen molar-refractivity contribution in [1.29, 1.82) is 0 Å². The summed E-state index contributed by atoms with van der Waals surface area (Å²) in [4.78, 5) is 11.2. The van der Waals surface area contributed by atoms with Crippen LogP contribution < -0.4 is 5.32 Å². The molecule has 6 heteroatoms. The molecule has 0 saturated carbocycles. The van der Waals surface area contributed by atoms with Crippen LogP contribution in [0.1, 0.15) is 11.4 Å². The Labute approximate surface area is 116 Å². The molecule has 19 heavy (non-hydrogen) atoms. The van der Waals surface area contributed by atoms with Crippen LogP contribution in [0, 0.1) is 0 Å². The molecule has 0 radical (unpaired) electrons. The third-order valence-corrected chi connectivity index (χ3v) is 3.76. The second kappa shape index (κ2) is 6.38. The first-order valence-electron chi connectivity index (χ1n) is 5.96. The van der Waals surface area contributed by atoms with Gasteiger partial charge in [-0.2, -0.15) is 0 Å². The summed E-state index contributed by atoms with van der Waals surface area (Å²) in [5.41, 5.74) is 1.20. The Kier molecular flexibility index (Phi) is 4.57. The quantitative estimate of drug-likeness (QED) is 0.835. The van der Waals surface area contributed by atoms with Gasteiger partial charge < -0.3 is 9.88 Å². The lowest BCUT2D eigenvalue weighted by Crippen LogP contribution is -2.20. The first-order chi connectivity index (χ1) is 9.20. The van der Waals surface area contributed by atoms with E-state index in [-0.39, 0.29) is 5.91 Å². The summed E-state index contributed by atoms with van der Waals surface area (Å²) in [6, 6.07) is 10.1. The molecule has 1 aromatic carbocycles. The van der Waals surface area contributed by atoms with Gasteiger partial charge in [-0.25, -0.2) is 0 Å². The van der Waals surface area contributed by atoms with Gasteiger partial charge in [0.05, 0.1) is 5.75 Å². The number of amides is 1. The van der Waals surface area contributed by atoms with Crippen molar-refractivity contribution in [3.8, 4) is 0 Å². The average molecular weight is 276 g/mol. The first kappa shape index (κ1) is 13.6. The maximum atomic E-state index is 11.2. The molecule has 0 aliphatic heterocycles. The molecule has 2 aromatic rings. The SMILES string of the molecule is CNC(=O)CSc1nnc(Cc2ccccc2)n1C. The maximum absolute atomic E-state index is 11.2. The van der Waals surface area contributed by atoms with Crippen LogP contribution in [0.5, 0.6) is 0 Å². The van der Waals surface area contributed by atoms with E-state index in [1.54, 1.807) is 7.05 Å². The standard InChI is InChI=1S/C13H16N4OS/c1-14-12(18)9-19-13-16-15-11(17(13)2)8-10-6-4-3-5-7-10/h3-7H,8-9H2,1-2H3,(H,14,18). The highest BCUT2D eigenvalue weighted by atomic mass is 32.2. The van der Waals surface area contributed by atoms with Gasteiger partial charge in [0.2, 0.25) is 5.91 Å². The van der Waals surface area contributed by atoms with Gasteiger partial charge in [-0.05, 0) is 5.56 Å². The second-order valence-corrected chi connectivity index (χ2v) is 5.02. The minimum absolute atomic E-state index is 0.0161.